The van der Waals surface area contributed by atoms with Crippen molar-refractivity contribution in [2.75, 3.05) is 5.32 Å². The van der Waals surface area contributed by atoms with Gasteiger partial charge in [0.2, 0.25) is 5.91 Å². The summed E-state index contributed by atoms with van der Waals surface area (Å²) in [6.45, 7) is 0.0319. The third-order valence-electron chi connectivity index (χ3n) is 4.34. The molecule has 6 heteroatoms. The zero-order valence-corrected chi connectivity index (χ0v) is 15.6. The minimum atomic E-state index is -0.229. The van der Waals surface area contributed by atoms with Crippen LogP contribution in [0.2, 0.25) is 10.0 Å². The summed E-state index contributed by atoms with van der Waals surface area (Å²) in [4.78, 5) is 25.5. The molecule has 0 spiro atoms. The SMILES string of the molecule is O=C(Cn1c2ccccc2c(=O)c2ccc(Cl)cc21)Nc1cccc(Cl)c1. The van der Waals surface area contributed by atoms with Gasteiger partial charge in [0.25, 0.3) is 0 Å². The second kappa shape index (κ2) is 7.06. The van der Waals surface area contributed by atoms with Crippen molar-refractivity contribution in [1.29, 1.82) is 0 Å². The van der Waals surface area contributed by atoms with E-state index in [2.05, 4.69) is 5.32 Å². The molecule has 134 valence electrons. The van der Waals surface area contributed by atoms with Crippen LogP contribution in [0.25, 0.3) is 21.8 Å². The maximum Gasteiger partial charge on any atom is 0.244 e. The summed E-state index contributed by atoms with van der Waals surface area (Å²) in [5, 5.41) is 4.96. The molecule has 0 saturated carbocycles. The molecule has 27 heavy (non-hydrogen) atoms. The lowest BCUT2D eigenvalue weighted by atomic mass is 10.1. The standard InChI is InChI=1S/C21H14Cl2N2O2/c22-13-4-3-5-15(10-13)24-20(26)12-25-18-7-2-1-6-16(18)21(27)17-9-8-14(23)11-19(17)25/h1-11H,12H2,(H,24,26). The fourth-order valence-electron chi connectivity index (χ4n) is 3.18. The first-order valence-electron chi connectivity index (χ1n) is 8.29. The number of pyridine rings is 1. The maximum absolute atomic E-state index is 12.8. The molecule has 0 aliphatic heterocycles. The minimum Gasteiger partial charge on any atom is -0.331 e. The van der Waals surface area contributed by atoms with Crippen LogP contribution in [0.5, 0.6) is 0 Å². The first-order chi connectivity index (χ1) is 13.0. The average Bonchev–Trinajstić information content (AvgIpc) is 2.65. The van der Waals surface area contributed by atoms with Crippen molar-refractivity contribution in [3.8, 4) is 0 Å². The Balaban J connectivity index is 1.84. The van der Waals surface area contributed by atoms with Crippen LogP contribution < -0.4 is 10.7 Å². The van der Waals surface area contributed by atoms with E-state index >= 15 is 0 Å². The van der Waals surface area contributed by atoms with Crippen LogP contribution in [0.3, 0.4) is 0 Å². The smallest absolute Gasteiger partial charge is 0.244 e. The maximum atomic E-state index is 12.8. The topological polar surface area (TPSA) is 51.1 Å². The zero-order valence-electron chi connectivity index (χ0n) is 14.1. The number of hydrogen-bond acceptors (Lipinski definition) is 2. The summed E-state index contributed by atoms with van der Waals surface area (Å²) in [7, 11) is 0. The summed E-state index contributed by atoms with van der Waals surface area (Å²) in [5.41, 5.74) is 1.83. The Labute approximate surface area is 164 Å². The number of anilines is 1. The van der Waals surface area contributed by atoms with Crippen molar-refractivity contribution < 1.29 is 4.79 Å². The quantitative estimate of drug-likeness (QED) is 0.489. The van der Waals surface area contributed by atoms with Crippen molar-refractivity contribution >= 4 is 56.6 Å². The lowest BCUT2D eigenvalue weighted by Gasteiger charge is -2.15. The molecule has 0 aliphatic rings. The summed E-state index contributed by atoms with van der Waals surface area (Å²) in [5.74, 6) is -0.229. The molecule has 1 N–H and O–H groups in total. The van der Waals surface area contributed by atoms with Gasteiger partial charge < -0.3 is 9.88 Å². The van der Waals surface area contributed by atoms with E-state index in [0.717, 1.165) is 0 Å². The van der Waals surface area contributed by atoms with E-state index in [9.17, 15) is 9.59 Å². The zero-order chi connectivity index (χ0) is 19.0. The van der Waals surface area contributed by atoms with Gasteiger partial charge in [0.15, 0.2) is 5.43 Å². The predicted octanol–water partition coefficient (Wildman–Crippen LogP) is 5.10. The molecular weight excluding hydrogens is 383 g/mol. The Bertz CT molecular complexity index is 1250. The van der Waals surface area contributed by atoms with Crippen LogP contribution in [-0.2, 0) is 11.3 Å². The number of aromatic nitrogens is 1. The van der Waals surface area contributed by atoms with Crippen LogP contribution in [-0.4, -0.2) is 10.5 Å². The molecule has 0 radical (unpaired) electrons. The first-order valence-corrected chi connectivity index (χ1v) is 9.05. The van der Waals surface area contributed by atoms with Crippen LogP contribution >= 0.6 is 23.2 Å². The molecule has 0 saturated heterocycles. The van der Waals surface area contributed by atoms with Crippen LogP contribution in [0.15, 0.2) is 71.5 Å². The van der Waals surface area contributed by atoms with E-state index < -0.39 is 0 Å². The number of nitrogens with zero attached hydrogens (tertiary/aromatic N) is 1. The molecule has 4 nitrogen and oxygen atoms in total. The van der Waals surface area contributed by atoms with Crippen molar-refractivity contribution in [2.45, 2.75) is 6.54 Å². The highest BCUT2D eigenvalue weighted by Gasteiger charge is 2.13. The van der Waals surface area contributed by atoms with Crippen molar-refractivity contribution in [1.82, 2.24) is 4.57 Å². The number of halogens is 2. The third-order valence-corrected chi connectivity index (χ3v) is 4.81. The second-order valence-electron chi connectivity index (χ2n) is 6.15. The number of para-hydroxylation sites is 1. The molecule has 4 rings (SSSR count). The van der Waals surface area contributed by atoms with Crippen LogP contribution in [0, 0.1) is 0 Å². The highest BCUT2D eigenvalue weighted by Crippen LogP contribution is 2.23. The number of carbonyl (C=O) groups is 1. The van der Waals surface area contributed by atoms with Gasteiger partial charge in [-0.2, -0.15) is 0 Å². The number of benzene rings is 3. The molecule has 3 aromatic carbocycles. The summed E-state index contributed by atoms with van der Waals surface area (Å²) in [6.07, 6.45) is 0. The molecule has 4 aromatic rings. The van der Waals surface area contributed by atoms with E-state index in [1.807, 2.05) is 18.2 Å². The predicted molar refractivity (Wildman–Crippen MR) is 111 cm³/mol. The lowest BCUT2D eigenvalue weighted by molar-refractivity contribution is -0.116. The Kier molecular flexibility index (Phi) is 4.60. The van der Waals surface area contributed by atoms with Gasteiger partial charge in [-0.3, -0.25) is 9.59 Å². The molecular formula is C21H14Cl2N2O2. The van der Waals surface area contributed by atoms with Gasteiger partial charge in [0.05, 0.1) is 11.0 Å². The number of amides is 1. The molecule has 0 atom stereocenters. The summed E-state index contributed by atoms with van der Waals surface area (Å²) >= 11 is 12.1. The molecule has 0 fully saturated rings. The highest BCUT2D eigenvalue weighted by molar-refractivity contribution is 6.31. The lowest BCUT2D eigenvalue weighted by Crippen LogP contribution is -2.21. The van der Waals surface area contributed by atoms with E-state index in [-0.39, 0.29) is 17.9 Å². The Morgan fingerprint density at radius 3 is 2.41 bits per heavy atom. The normalized spacial score (nSPS) is 11.0. The van der Waals surface area contributed by atoms with E-state index in [1.165, 1.54) is 0 Å². The van der Waals surface area contributed by atoms with Gasteiger partial charge in [0.1, 0.15) is 6.54 Å². The molecule has 0 unspecified atom stereocenters. The summed E-state index contributed by atoms with van der Waals surface area (Å²) in [6, 6.07) is 19.3. The average molecular weight is 397 g/mol. The molecule has 1 amide bonds. The monoisotopic (exact) mass is 396 g/mol. The number of nitrogens with one attached hydrogen (secondary N) is 1. The number of hydrogen-bond donors (Lipinski definition) is 1. The number of rotatable bonds is 3. The Morgan fingerprint density at radius 2 is 1.59 bits per heavy atom. The first kappa shape index (κ1) is 17.6. The van der Waals surface area contributed by atoms with E-state index in [1.54, 1.807) is 53.1 Å². The van der Waals surface area contributed by atoms with Crippen molar-refractivity contribution in [3.05, 3.63) is 87.0 Å². The van der Waals surface area contributed by atoms with Crippen LogP contribution in [0.4, 0.5) is 5.69 Å². The second-order valence-corrected chi connectivity index (χ2v) is 7.03. The fraction of sp³-hybridized carbons (Fsp3) is 0.0476. The van der Waals surface area contributed by atoms with Gasteiger partial charge >= 0.3 is 0 Å². The van der Waals surface area contributed by atoms with E-state index in [0.29, 0.717) is 37.5 Å². The van der Waals surface area contributed by atoms with Gasteiger partial charge in [0, 0.05) is 26.5 Å². The molecule has 0 aliphatic carbocycles. The third kappa shape index (κ3) is 3.42. The summed E-state index contributed by atoms with van der Waals surface area (Å²) < 4.78 is 1.80. The van der Waals surface area contributed by atoms with Gasteiger partial charge in [-0.15, -0.1) is 0 Å². The number of fused-ring (bicyclic) bond motifs is 2. The van der Waals surface area contributed by atoms with Crippen LogP contribution in [0.1, 0.15) is 0 Å². The van der Waals surface area contributed by atoms with Gasteiger partial charge in [-0.05, 0) is 48.5 Å². The Hall–Kier alpha value is -2.82. The molecule has 1 aromatic heterocycles. The molecule has 0 bridgehead atoms. The number of carbonyl (C=O) groups excluding carboxylic acids is 1. The molecule has 1 heterocycles. The fourth-order valence-corrected chi connectivity index (χ4v) is 3.53. The van der Waals surface area contributed by atoms with Gasteiger partial charge in [-0.1, -0.05) is 41.4 Å². The largest absolute Gasteiger partial charge is 0.331 e. The van der Waals surface area contributed by atoms with E-state index in [4.69, 9.17) is 23.2 Å². The minimum absolute atomic E-state index is 0.0319. The van der Waals surface area contributed by atoms with Crippen molar-refractivity contribution in [3.63, 3.8) is 0 Å². The van der Waals surface area contributed by atoms with Crippen molar-refractivity contribution in [2.24, 2.45) is 0 Å². The van der Waals surface area contributed by atoms with Gasteiger partial charge in [-0.25, -0.2) is 0 Å². The Morgan fingerprint density at radius 1 is 0.852 bits per heavy atom. The highest BCUT2D eigenvalue weighted by atomic mass is 35.5.